The molecule has 0 amide bonds. The van der Waals surface area contributed by atoms with Gasteiger partial charge in [0.15, 0.2) is 0 Å². The quantitative estimate of drug-likeness (QED) is 0.730. The van der Waals surface area contributed by atoms with Crippen molar-refractivity contribution in [2.45, 2.75) is 46.0 Å². The zero-order valence-corrected chi connectivity index (χ0v) is 11.5. The van der Waals surface area contributed by atoms with E-state index in [-0.39, 0.29) is 0 Å². The van der Waals surface area contributed by atoms with Gasteiger partial charge in [-0.3, -0.25) is 0 Å². The molecule has 2 fully saturated rings. The fourth-order valence-corrected chi connectivity index (χ4v) is 2.81. The van der Waals surface area contributed by atoms with E-state index in [1.165, 1.54) is 64.8 Å². The van der Waals surface area contributed by atoms with Crippen LogP contribution in [-0.4, -0.2) is 49.6 Å². The first-order valence-corrected chi connectivity index (χ1v) is 7.25. The molecule has 0 aromatic heterocycles. The average molecular weight is 226 g/mol. The molecule has 0 N–H and O–H groups in total. The summed E-state index contributed by atoms with van der Waals surface area (Å²) < 4.78 is 0. The molecule has 2 aliphatic rings. The van der Waals surface area contributed by atoms with E-state index in [0.717, 1.165) is 5.92 Å². The van der Waals surface area contributed by atoms with Gasteiger partial charge in [-0.2, -0.15) is 0 Å². The number of rotatable bonds is 3. The van der Waals surface area contributed by atoms with Crippen LogP contribution in [0.5, 0.6) is 0 Å². The first kappa shape index (κ1) is 14.0. The lowest BCUT2D eigenvalue weighted by atomic mass is 10.0. The first-order valence-electron chi connectivity index (χ1n) is 7.25. The van der Waals surface area contributed by atoms with Crippen LogP contribution in [0.1, 0.15) is 46.0 Å². The Labute approximate surface area is 102 Å². The molecule has 0 saturated carbocycles. The van der Waals surface area contributed by atoms with Gasteiger partial charge in [-0.15, -0.1) is 0 Å². The minimum absolute atomic E-state index is 0.988. The fraction of sp³-hybridized carbons (Fsp3) is 1.00. The summed E-state index contributed by atoms with van der Waals surface area (Å²) in [4.78, 5) is 5.14. The molecule has 1 atom stereocenters. The van der Waals surface area contributed by atoms with Crippen molar-refractivity contribution in [2.24, 2.45) is 5.92 Å². The predicted octanol–water partition coefficient (Wildman–Crippen LogP) is 2.84. The summed E-state index contributed by atoms with van der Waals surface area (Å²) in [5.41, 5.74) is 0. The van der Waals surface area contributed by atoms with Gasteiger partial charge in [-0.25, -0.2) is 0 Å². The molecule has 2 rings (SSSR count). The summed E-state index contributed by atoms with van der Waals surface area (Å²) in [7, 11) is 2.25. The summed E-state index contributed by atoms with van der Waals surface area (Å²) in [6.45, 7) is 10.8. The van der Waals surface area contributed by atoms with Crippen LogP contribution >= 0.6 is 0 Å². The van der Waals surface area contributed by atoms with Crippen molar-refractivity contribution in [1.29, 1.82) is 0 Å². The molecule has 0 bridgehead atoms. The SMILES string of the molecule is CC.CN1CCC(CCN2CCCCC2)C1. The van der Waals surface area contributed by atoms with Gasteiger partial charge in [0, 0.05) is 6.54 Å². The van der Waals surface area contributed by atoms with Crippen molar-refractivity contribution in [3.8, 4) is 0 Å². The molecule has 0 spiro atoms. The Hall–Kier alpha value is -0.0800. The maximum atomic E-state index is 2.67. The van der Waals surface area contributed by atoms with Crippen LogP contribution in [0.3, 0.4) is 0 Å². The van der Waals surface area contributed by atoms with Gasteiger partial charge in [-0.1, -0.05) is 20.3 Å². The zero-order valence-electron chi connectivity index (χ0n) is 11.5. The molecule has 0 aliphatic carbocycles. The third kappa shape index (κ3) is 4.84. The molecule has 2 heterocycles. The zero-order chi connectivity index (χ0) is 11.8. The van der Waals surface area contributed by atoms with E-state index in [0.29, 0.717) is 0 Å². The van der Waals surface area contributed by atoms with Crippen LogP contribution in [0.4, 0.5) is 0 Å². The molecule has 2 aliphatic heterocycles. The van der Waals surface area contributed by atoms with Crippen molar-refractivity contribution in [1.82, 2.24) is 9.80 Å². The topological polar surface area (TPSA) is 6.48 Å². The Morgan fingerprint density at radius 1 is 1.00 bits per heavy atom. The highest BCUT2D eigenvalue weighted by Crippen LogP contribution is 2.19. The normalized spacial score (nSPS) is 27.6. The van der Waals surface area contributed by atoms with Crippen molar-refractivity contribution < 1.29 is 0 Å². The lowest BCUT2D eigenvalue weighted by Crippen LogP contribution is -2.31. The first-order chi connectivity index (χ1) is 7.84. The molecule has 2 saturated heterocycles. The number of hydrogen-bond donors (Lipinski definition) is 0. The van der Waals surface area contributed by atoms with Crippen LogP contribution in [0.25, 0.3) is 0 Å². The maximum Gasteiger partial charge on any atom is 0.000756 e. The second-order valence-corrected chi connectivity index (χ2v) is 5.11. The summed E-state index contributed by atoms with van der Waals surface area (Å²) in [6.07, 6.45) is 7.20. The fourth-order valence-electron chi connectivity index (χ4n) is 2.81. The van der Waals surface area contributed by atoms with Gasteiger partial charge >= 0.3 is 0 Å². The van der Waals surface area contributed by atoms with Gasteiger partial charge in [0.05, 0.1) is 0 Å². The third-order valence-corrected chi connectivity index (χ3v) is 3.79. The van der Waals surface area contributed by atoms with Crippen LogP contribution in [0.2, 0.25) is 0 Å². The summed E-state index contributed by atoms with van der Waals surface area (Å²) >= 11 is 0. The van der Waals surface area contributed by atoms with Crippen molar-refractivity contribution in [3.05, 3.63) is 0 Å². The van der Waals surface area contributed by atoms with E-state index in [9.17, 15) is 0 Å². The number of likely N-dealkylation sites (tertiary alicyclic amines) is 2. The van der Waals surface area contributed by atoms with Gasteiger partial charge in [0.25, 0.3) is 0 Å². The molecular formula is C14H30N2. The van der Waals surface area contributed by atoms with Crippen molar-refractivity contribution in [2.75, 3.05) is 39.8 Å². The second-order valence-electron chi connectivity index (χ2n) is 5.11. The van der Waals surface area contributed by atoms with Gasteiger partial charge in [-0.05, 0) is 64.8 Å². The van der Waals surface area contributed by atoms with Crippen LogP contribution < -0.4 is 0 Å². The Bertz CT molecular complexity index is 159. The van der Waals surface area contributed by atoms with Crippen molar-refractivity contribution >= 4 is 0 Å². The predicted molar refractivity (Wildman–Crippen MR) is 71.9 cm³/mol. The smallest absolute Gasteiger partial charge is 0.000756 e. The number of nitrogens with zero attached hydrogens (tertiary/aromatic N) is 2. The van der Waals surface area contributed by atoms with Gasteiger partial charge in [0.2, 0.25) is 0 Å². The lowest BCUT2D eigenvalue weighted by molar-refractivity contribution is 0.213. The molecule has 2 nitrogen and oxygen atoms in total. The minimum atomic E-state index is 0.988. The Morgan fingerprint density at radius 3 is 2.25 bits per heavy atom. The van der Waals surface area contributed by atoms with Gasteiger partial charge in [0.1, 0.15) is 0 Å². The van der Waals surface area contributed by atoms with E-state index in [1.807, 2.05) is 13.8 Å². The van der Waals surface area contributed by atoms with E-state index >= 15 is 0 Å². The molecule has 0 radical (unpaired) electrons. The highest BCUT2D eigenvalue weighted by molar-refractivity contribution is 4.75. The van der Waals surface area contributed by atoms with Gasteiger partial charge < -0.3 is 9.80 Å². The summed E-state index contributed by atoms with van der Waals surface area (Å²) in [6, 6.07) is 0. The van der Waals surface area contributed by atoms with E-state index in [4.69, 9.17) is 0 Å². The highest BCUT2D eigenvalue weighted by Gasteiger charge is 2.20. The van der Waals surface area contributed by atoms with E-state index < -0.39 is 0 Å². The maximum absolute atomic E-state index is 2.67. The Morgan fingerprint density at radius 2 is 1.69 bits per heavy atom. The Kier molecular flexibility index (Phi) is 7.06. The van der Waals surface area contributed by atoms with Crippen LogP contribution in [0.15, 0.2) is 0 Å². The molecule has 0 aromatic rings. The standard InChI is InChI=1S/C12H24N2.C2H6/c1-13-9-5-12(11-13)6-10-14-7-3-2-4-8-14;1-2/h12H,2-11H2,1H3;1-2H3. The molecule has 1 unspecified atom stereocenters. The molecule has 0 aromatic carbocycles. The molecule has 16 heavy (non-hydrogen) atoms. The van der Waals surface area contributed by atoms with E-state index in [1.54, 1.807) is 0 Å². The molecular weight excluding hydrogens is 196 g/mol. The summed E-state index contributed by atoms with van der Waals surface area (Å²) in [5, 5.41) is 0. The monoisotopic (exact) mass is 226 g/mol. The molecule has 2 heteroatoms. The van der Waals surface area contributed by atoms with Crippen molar-refractivity contribution in [3.63, 3.8) is 0 Å². The largest absolute Gasteiger partial charge is 0.306 e. The number of hydrogen-bond acceptors (Lipinski definition) is 2. The van der Waals surface area contributed by atoms with E-state index in [2.05, 4.69) is 16.8 Å². The average Bonchev–Trinajstić information content (AvgIpc) is 2.77. The number of piperidine rings is 1. The third-order valence-electron chi connectivity index (χ3n) is 3.79. The second kappa shape index (κ2) is 8.08. The minimum Gasteiger partial charge on any atom is -0.306 e. The van der Waals surface area contributed by atoms with Crippen LogP contribution in [0, 0.1) is 5.92 Å². The Balaban J connectivity index is 0.000000606. The summed E-state index contributed by atoms with van der Waals surface area (Å²) in [5.74, 6) is 0.988. The lowest BCUT2D eigenvalue weighted by Gasteiger charge is -2.27. The van der Waals surface area contributed by atoms with Crippen LogP contribution in [-0.2, 0) is 0 Å². The highest BCUT2D eigenvalue weighted by atomic mass is 15.1. The molecule has 96 valence electrons.